The zero-order valence-corrected chi connectivity index (χ0v) is 39.7. The second kappa shape index (κ2) is 48.3. The second-order valence-electron chi connectivity index (χ2n) is 16.1. The Balaban J connectivity index is 4.88. The molecule has 3 unspecified atom stereocenters. The summed E-state index contributed by atoms with van der Waals surface area (Å²) in [6, 6.07) is -0.764. The van der Waals surface area contributed by atoms with E-state index in [1.807, 2.05) is 18.2 Å². The fourth-order valence-electron chi connectivity index (χ4n) is 6.62. The molecule has 0 bridgehead atoms. The van der Waals surface area contributed by atoms with Crippen molar-refractivity contribution in [1.29, 1.82) is 0 Å². The fraction of sp³-hybridized carbons (Fsp3) is 0.607. The zero-order valence-electron chi connectivity index (χ0n) is 39.7. The van der Waals surface area contributed by atoms with Gasteiger partial charge in [0.05, 0.1) is 25.2 Å². The molecule has 0 saturated carbocycles. The van der Waals surface area contributed by atoms with Crippen LogP contribution in [0.2, 0.25) is 0 Å². The van der Waals surface area contributed by atoms with Crippen molar-refractivity contribution in [3.05, 3.63) is 122 Å². The van der Waals surface area contributed by atoms with Crippen LogP contribution in [0.1, 0.15) is 194 Å². The molecule has 1 amide bonds. The Hall–Kier alpha value is -3.74. The van der Waals surface area contributed by atoms with Crippen LogP contribution in [0.4, 0.5) is 0 Å². The lowest BCUT2D eigenvalue weighted by Crippen LogP contribution is -2.46. The maximum atomic E-state index is 13.1. The number of unbranched alkanes of at least 4 members (excludes halogenated alkanes) is 12. The molecular weight excluding hydrogens is 767 g/mol. The van der Waals surface area contributed by atoms with E-state index in [0.29, 0.717) is 19.3 Å². The van der Waals surface area contributed by atoms with E-state index in [2.05, 4.69) is 123 Å². The predicted octanol–water partition coefficient (Wildman–Crippen LogP) is 14.9. The van der Waals surface area contributed by atoms with Gasteiger partial charge in [-0.3, -0.25) is 9.59 Å². The number of allylic oxidation sites excluding steroid dienone is 19. The zero-order chi connectivity index (χ0) is 45.2. The number of aliphatic hydroxyl groups is 2. The van der Waals surface area contributed by atoms with E-state index >= 15 is 0 Å². The number of aliphatic hydroxyl groups excluding tert-OH is 2. The number of rotatable bonds is 42. The summed E-state index contributed by atoms with van der Waals surface area (Å²) in [5.74, 6) is -0.740. The van der Waals surface area contributed by atoms with E-state index in [9.17, 15) is 19.8 Å². The van der Waals surface area contributed by atoms with Crippen molar-refractivity contribution in [2.24, 2.45) is 0 Å². The number of carbonyl (C=O) groups excluding carboxylic acids is 2. The van der Waals surface area contributed by atoms with Crippen molar-refractivity contribution in [3.8, 4) is 0 Å². The van der Waals surface area contributed by atoms with Crippen molar-refractivity contribution < 1.29 is 24.5 Å². The first-order valence-electron chi connectivity index (χ1n) is 24.8. The average Bonchev–Trinajstić information content (AvgIpc) is 3.26. The Kier molecular flexibility index (Phi) is 45.4. The number of hydrogen-bond acceptors (Lipinski definition) is 5. The molecule has 0 rings (SSSR count). The predicted molar refractivity (Wildman–Crippen MR) is 268 cm³/mol. The molecule has 0 heterocycles. The van der Waals surface area contributed by atoms with Crippen molar-refractivity contribution in [2.45, 2.75) is 212 Å². The molecule has 0 aliphatic heterocycles. The van der Waals surface area contributed by atoms with Crippen molar-refractivity contribution >= 4 is 11.9 Å². The van der Waals surface area contributed by atoms with Crippen LogP contribution in [-0.4, -0.2) is 46.9 Å². The quantitative estimate of drug-likeness (QED) is 0.0323. The van der Waals surface area contributed by atoms with Gasteiger partial charge in [-0.2, -0.15) is 0 Å². The van der Waals surface area contributed by atoms with E-state index in [4.69, 9.17) is 4.74 Å². The largest absolute Gasteiger partial charge is 0.458 e. The van der Waals surface area contributed by atoms with Crippen LogP contribution in [0, 0.1) is 0 Å². The highest BCUT2D eigenvalue weighted by atomic mass is 16.5. The summed E-state index contributed by atoms with van der Waals surface area (Å²) < 4.78 is 5.77. The van der Waals surface area contributed by atoms with Crippen LogP contribution in [-0.2, 0) is 14.3 Å². The number of nitrogens with one attached hydrogen (secondary N) is 1. The van der Waals surface area contributed by atoms with Crippen LogP contribution in [0.25, 0.3) is 0 Å². The monoisotopic (exact) mass is 858 g/mol. The number of hydrogen-bond donors (Lipinski definition) is 3. The molecule has 350 valence electrons. The van der Waals surface area contributed by atoms with Crippen LogP contribution in [0.15, 0.2) is 122 Å². The van der Waals surface area contributed by atoms with Crippen LogP contribution in [0.5, 0.6) is 0 Å². The molecule has 0 spiro atoms. The van der Waals surface area contributed by atoms with Gasteiger partial charge in [0.25, 0.3) is 0 Å². The minimum absolute atomic E-state index is 0.0833. The van der Waals surface area contributed by atoms with Crippen molar-refractivity contribution in [2.75, 3.05) is 6.61 Å². The first-order valence-corrected chi connectivity index (χ1v) is 24.8. The summed E-state index contributed by atoms with van der Waals surface area (Å²) in [5, 5.41) is 23.7. The summed E-state index contributed by atoms with van der Waals surface area (Å²) in [6.45, 7) is 6.18. The minimum Gasteiger partial charge on any atom is -0.458 e. The first kappa shape index (κ1) is 58.3. The number of carbonyl (C=O) groups is 2. The molecule has 0 radical (unpaired) electrons. The number of ether oxygens (including phenoxy) is 1. The van der Waals surface area contributed by atoms with Gasteiger partial charge in [0, 0.05) is 6.42 Å². The second-order valence-corrected chi connectivity index (χ2v) is 16.1. The normalized spacial score (nSPS) is 14.3. The first-order chi connectivity index (χ1) is 30.5. The van der Waals surface area contributed by atoms with E-state index in [0.717, 1.165) is 77.0 Å². The third kappa shape index (κ3) is 42.9. The van der Waals surface area contributed by atoms with Crippen LogP contribution >= 0.6 is 0 Å². The fourth-order valence-corrected chi connectivity index (χ4v) is 6.62. The Morgan fingerprint density at radius 3 is 1.27 bits per heavy atom. The Bertz CT molecular complexity index is 1330. The lowest BCUT2D eigenvalue weighted by molar-refractivity contribution is -0.148. The van der Waals surface area contributed by atoms with E-state index < -0.39 is 18.2 Å². The summed E-state index contributed by atoms with van der Waals surface area (Å²) >= 11 is 0. The third-order valence-corrected chi connectivity index (χ3v) is 10.3. The molecule has 0 aliphatic rings. The summed E-state index contributed by atoms with van der Waals surface area (Å²) in [6.07, 6.45) is 67.2. The minimum atomic E-state index is -0.838. The maximum Gasteiger partial charge on any atom is 0.306 e. The average molecular weight is 858 g/mol. The lowest BCUT2D eigenvalue weighted by atomic mass is 10.0. The molecule has 0 fully saturated rings. The smallest absolute Gasteiger partial charge is 0.306 e. The highest BCUT2D eigenvalue weighted by molar-refractivity contribution is 5.78. The highest BCUT2D eigenvalue weighted by Gasteiger charge is 2.23. The van der Waals surface area contributed by atoms with E-state index in [1.54, 1.807) is 6.08 Å². The molecule has 62 heavy (non-hydrogen) atoms. The molecule has 3 atom stereocenters. The topological polar surface area (TPSA) is 95.9 Å². The molecule has 0 aromatic heterocycles. The van der Waals surface area contributed by atoms with Gasteiger partial charge in [0.1, 0.15) is 6.10 Å². The molecule has 6 heteroatoms. The molecule has 0 aliphatic carbocycles. The van der Waals surface area contributed by atoms with E-state index in [-0.39, 0.29) is 31.3 Å². The number of esters is 1. The maximum absolute atomic E-state index is 13.1. The van der Waals surface area contributed by atoms with Gasteiger partial charge in [0.2, 0.25) is 5.91 Å². The van der Waals surface area contributed by atoms with Gasteiger partial charge in [-0.05, 0) is 83.1 Å². The molecule has 0 saturated heterocycles. The highest BCUT2D eigenvalue weighted by Crippen LogP contribution is 2.15. The Labute approximate surface area is 380 Å². The summed E-state index contributed by atoms with van der Waals surface area (Å²) in [4.78, 5) is 26.0. The SMILES string of the molecule is CC/C=C/C/C=C/C/C=C/C/C=C/C/C=C/CCC(=O)OC(/C=C/C/C=C/C/C=C/C/C=C/C/C=C/CC)CC(=O)NC(CO)C(O)CCCCCCCCCCCCCCC. The summed E-state index contributed by atoms with van der Waals surface area (Å²) in [5.41, 5.74) is 0. The summed E-state index contributed by atoms with van der Waals surface area (Å²) in [7, 11) is 0. The van der Waals surface area contributed by atoms with Gasteiger partial charge < -0.3 is 20.3 Å². The molecule has 0 aromatic carbocycles. The molecule has 0 aromatic rings. The van der Waals surface area contributed by atoms with Crippen LogP contribution < -0.4 is 5.32 Å². The van der Waals surface area contributed by atoms with E-state index in [1.165, 1.54) is 64.2 Å². The van der Waals surface area contributed by atoms with Gasteiger partial charge in [-0.1, -0.05) is 220 Å². The third-order valence-electron chi connectivity index (χ3n) is 10.3. The van der Waals surface area contributed by atoms with Crippen molar-refractivity contribution in [1.82, 2.24) is 5.32 Å². The number of amides is 1. The molecular formula is C56H91NO5. The van der Waals surface area contributed by atoms with Gasteiger partial charge in [-0.25, -0.2) is 0 Å². The Morgan fingerprint density at radius 1 is 0.500 bits per heavy atom. The van der Waals surface area contributed by atoms with Crippen LogP contribution in [0.3, 0.4) is 0 Å². The van der Waals surface area contributed by atoms with Crippen molar-refractivity contribution in [3.63, 3.8) is 0 Å². The van der Waals surface area contributed by atoms with Gasteiger partial charge in [0.15, 0.2) is 0 Å². The lowest BCUT2D eigenvalue weighted by Gasteiger charge is -2.23. The molecule has 3 N–H and O–H groups in total. The Morgan fingerprint density at radius 2 is 0.871 bits per heavy atom. The van der Waals surface area contributed by atoms with Gasteiger partial charge in [-0.15, -0.1) is 0 Å². The molecule has 6 nitrogen and oxygen atoms in total. The van der Waals surface area contributed by atoms with Gasteiger partial charge >= 0.3 is 5.97 Å². The standard InChI is InChI=1S/C56H91NO5/c1-4-7-10-13-16-19-22-25-27-28-31-34-37-40-43-46-49-56(61)62-52(47-44-41-38-35-32-30-26-23-20-17-14-11-8-5-2)50-55(60)57-53(51-58)54(59)48-45-42-39-36-33-29-24-21-18-15-12-9-6-3/h7-8,10-11,16-17,19-20,25-27,30-31,34-35,38,40,43-44,47,52-54,58-59H,4-6,9,12-15,18,21-24,28-29,32-33,36-37,39,41-42,45-46,48-51H2,1-3H3,(H,57,60)/b10-7+,11-8+,19-16+,20-17+,27-25+,30-26+,34-31+,38-35+,43-40+,47-44+.